The zero-order valence-electron chi connectivity index (χ0n) is 14.7. The molecular formula is C20H13ClFN3O2S2. The Balaban J connectivity index is 1.62. The second-order valence-corrected chi connectivity index (χ2v) is 8.97. The number of sulfonamides is 1. The van der Waals surface area contributed by atoms with Gasteiger partial charge in [0.15, 0.2) is 5.82 Å². The number of nitrogens with zero attached hydrogens (tertiary/aromatic N) is 2. The van der Waals surface area contributed by atoms with Crippen molar-refractivity contribution in [2.24, 2.45) is 0 Å². The smallest absolute Gasteiger partial charge is 0.264 e. The Kier molecular flexibility index (Phi) is 5.31. The lowest BCUT2D eigenvalue weighted by atomic mass is 10.0. The summed E-state index contributed by atoms with van der Waals surface area (Å²) in [6.45, 7) is 0. The second-order valence-electron chi connectivity index (χ2n) is 6.02. The summed E-state index contributed by atoms with van der Waals surface area (Å²) in [4.78, 5) is 7.40. The van der Waals surface area contributed by atoms with Gasteiger partial charge in [0.1, 0.15) is 9.90 Å². The van der Waals surface area contributed by atoms with E-state index >= 15 is 0 Å². The number of aromatic nitrogens is 2. The maximum atomic E-state index is 13.8. The molecule has 146 valence electrons. The molecule has 0 aliphatic rings. The average molecular weight is 446 g/mol. The van der Waals surface area contributed by atoms with Gasteiger partial charge in [0.05, 0.1) is 6.20 Å². The minimum Gasteiger partial charge on any atom is -0.280 e. The maximum Gasteiger partial charge on any atom is 0.264 e. The van der Waals surface area contributed by atoms with E-state index in [1.807, 2.05) is 17.5 Å². The molecule has 0 amide bonds. The number of halogens is 2. The molecule has 0 fully saturated rings. The average Bonchev–Trinajstić information content (AvgIpc) is 3.24. The van der Waals surface area contributed by atoms with Crippen molar-refractivity contribution in [2.75, 3.05) is 4.72 Å². The third-order valence-electron chi connectivity index (χ3n) is 4.12. The Bertz CT molecular complexity index is 1260. The van der Waals surface area contributed by atoms with Crippen LogP contribution in [0.3, 0.4) is 0 Å². The molecule has 2 aromatic heterocycles. The first-order chi connectivity index (χ1) is 13.9. The van der Waals surface area contributed by atoms with Gasteiger partial charge in [0, 0.05) is 39.6 Å². The van der Waals surface area contributed by atoms with Crippen molar-refractivity contribution in [1.29, 1.82) is 0 Å². The van der Waals surface area contributed by atoms with Crippen LogP contribution >= 0.6 is 22.9 Å². The lowest BCUT2D eigenvalue weighted by Crippen LogP contribution is -2.14. The Morgan fingerprint density at radius 1 is 1.00 bits per heavy atom. The number of thiazole rings is 1. The summed E-state index contributed by atoms with van der Waals surface area (Å²) in [5.41, 5.74) is 2.86. The summed E-state index contributed by atoms with van der Waals surface area (Å²) in [5.74, 6) is -0.914. The van der Waals surface area contributed by atoms with Crippen LogP contribution in [0.15, 0.2) is 77.4 Å². The summed E-state index contributed by atoms with van der Waals surface area (Å²) in [5, 5.41) is 3.35. The predicted molar refractivity (Wildman–Crippen MR) is 113 cm³/mol. The van der Waals surface area contributed by atoms with Crippen LogP contribution in [0.1, 0.15) is 0 Å². The van der Waals surface area contributed by atoms with Gasteiger partial charge in [-0.25, -0.2) is 17.8 Å². The summed E-state index contributed by atoms with van der Waals surface area (Å²) in [6.07, 6.45) is 3.81. The third-order valence-corrected chi connectivity index (χ3v) is 6.68. The summed E-state index contributed by atoms with van der Waals surface area (Å²) < 4.78 is 40.9. The number of nitrogens with one attached hydrogen (secondary N) is 1. The molecule has 0 saturated carbocycles. The number of rotatable bonds is 5. The van der Waals surface area contributed by atoms with E-state index in [1.165, 1.54) is 17.5 Å². The molecule has 4 aromatic rings. The van der Waals surface area contributed by atoms with Crippen molar-refractivity contribution < 1.29 is 12.8 Å². The SMILES string of the molecule is O=S(=O)(Nc1ccc(-c2cc(-c3nccs3)ccc2Cl)cc1)c1ccncc1F. The molecule has 1 N–H and O–H groups in total. The first-order valence-corrected chi connectivity index (χ1v) is 11.1. The van der Waals surface area contributed by atoms with Gasteiger partial charge in [-0.2, -0.15) is 0 Å². The molecule has 0 saturated heterocycles. The predicted octanol–water partition coefficient (Wildman–Crippen LogP) is 5.47. The molecule has 9 heteroatoms. The normalized spacial score (nSPS) is 11.4. The fourth-order valence-corrected chi connectivity index (χ4v) is 4.72. The Labute approximate surface area is 175 Å². The number of benzene rings is 2. The van der Waals surface area contributed by atoms with Crippen LogP contribution in [0.5, 0.6) is 0 Å². The summed E-state index contributed by atoms with van der Waals surface area (Å²) in [7, 11) is -4.06. The molecule has 2 aromatic carbocycles. The van der Waals surface area contributed by atoms with Crippen molar-refractivity contribution in [3.8, 4) is 21.7 Å². The van der Waals surface area contributed by atoms with E-state index in [1.54, 1.807) is 36.5 Å². The molecule has 2 heterocycles. The number of anilines is 1. The van der Waals surface area contributed by atoms with Gasteiger partial charge in [-0.05, 0) is 35.9 Å². The molecule has 0 unspecified atom stereocenters. The third kappa shape index (κ3) is 4.14. The molecule has 0 atom stereocenters. The van der Waals surface area contributed by atoms with Gasteiger partial charge in [0.25, 0.3) is 10.0 Å². The Morgan fingerprint density at radius 3 is 2.45 bits per heavy atom. The van der Waals surface area contributed by atoms with Gasteiger partial charge in [0.2, 0.25) is 0 Å². The van der Waals surface area contributed by atoms with Crippen LogP contribution in [-0.2, 0) is 10.0 Å². The number of pyridine rings is 1. The maximum absolute atomic E-state index is 13.8. The van der Waals surface area contributed by atoms with Gasteiger partial charge >= 0.3 is 0 Å². The van der Waals surface area contributed by atoms with Crippen molar-refractivity contribution in [3.63, 3.8) is 0 Å². The van der Waals surface area contributed by atoms with Crippen molar-refractivity contribution >= 4 is 38.6 Å². The van der Waals surface area contributed by atoms with E-state index in [4.69, 9.17) is 11.6 Å². The van der Waals surface area contributed by atoms with Gasteiger partial charge in [-0.3, -0.25) is 9.71 Å². The fourth-order valence-electron chi connectivity index (χ4n) is 2.75. The highest BCUT2D eigenvalue weighted by Crippen LogP contribution is 2.34. The molecule has 0 aliphatic heterocycles. The zero-order chi connectivity index (χ0) is 20.4. The van der Waals surface area contributed by atoms with Crippen molar-refractivity contribution in [1.82, 2.24) is 9.97 Å². The summed E-state index contributed by atoms with van der Waals surface area (Å²) >= 11 is 7.89. The number of hydrogen-bond donors (Lipinski definition) is 1. The zero-order valence-corrected chi connectivity index (χ0v) is 17.1. The first kappa shape index (κ1) is 19.5. The highest BCUT2D eigenvalue weighted by molar-refractivity contribution is 7.92. The van der Waals surface area contributed by atoms with E-state index in [-0.39, 0.29) is 0 Å². The first-order valence-electron chi connectivity index (χ1n) is 8.36. The molecule has 0 spiro atoms. The molecule has 0 aliphatic carbocycles. The van der Waals surface area contributed by atoms with E-state index in [9.17, 15) is 12.8 Å². The lowest BCUT2D eigenvalue weighted by molar-refractivity contribution is 0.566. The minimum absolute atomic E-state index is 0.303. The van der Waals surface area contributed by atoms with E-state index in [0.29, 0.717) is 10.7 Å². The van der Waals surface area contributed by atoms with Crippen LogP contribution in [-0.4, -0.2) is 18.4 Å². The van der Waals surface area contributed by atoms with Crippen molar-refractivity contribution in [2.45, 2.75) is 4.90 Å². The van der Waals surface area contributed by atoms with Crippen molar-refractivity contribution in [3.05, 3.63) is 83.3 Å². The van der Waals surface area contributed by atoms with Crippen LogP contribution in [0.4, 0.5) is 10.1 Å². The number of hydrogen-bond acceptors (Lipinski definition) is 5. The Morgan fingerprint density at radius 2 is 1.76 bits per heavy atom. The largest absolute Gasteiger partial charge is 0.280 e. The second kappa shape index (κ2) is 7.90. The molecule has 0 bridgehead atoms. The topological polar surface area (TPSA) is 72.0 Å². The van der Waals surface area contributed by atoms with Gasteiger partial charge < -0.3 is 0 Å². The Hall–Kier alpha value is -2.81. The molecule has 4 rings (SSSR count). The minimum atomic E-state index is -4.06. The van der Waals surface area contributed by atoms with Gasteiger partial charge in [-0.15, -0.1) is 11.3 Å². The van der Waals surface area contributed by atoms with E-state index < -0.39 is 20.7 Å². The molecule has 29 heavy (non-hydrogen) atoms. The fraction of sp³-hybridized carbons (Fsp3) is 0. The lowest BCUT2D eigenvalue weighted by Gasteiger charge is -2.11. The van der Waals surface area contributed by atoms with Gasteiger partial charge in [-0.1, -0.05) is 29.8 Å². The molecule has 5 nitrogen and oxygen atoms in total. The monoisotopic (exact) mass is 445 g/mol. The standard InChI is InChI=1S/C20H13ClFN3O2S2/c21-17-6-3-14(20-24-9-10-28-20)11-16(17)13-1-4-15(5-2-13)25-29(26,27)19-7-8-23-12-18(19)22/h1-12,25H. The molecular weight excluding hydrogens is 433 g/mol. The van der Waals surface area contributed by atoms with Crippen LogP contribution in [0, 0.1) is 5.82 Å². The van der Waals surface area contributed by atoms with Crippen LogP contribution < -0.4 is 4.72 Å². The highest BCUT2D eigenvalue weighted by atomic mass is 35.5. The molecule has 0 radical (unpaired) electrons. The van der Waals surface area contributed by atoms with E-state index in [2.05, 4.69) is 14.7 Å². The summed E-state index contributed by atoms with van der Waals surface area (Å²) in [6, 6.07) is 13.4. The highest BCUT2D eigenvalue weighted by Gasteiger charge is 2.19. The quantitative estimate of drug-likeness (QED) is 0.442. The van der Waals surface area contributed by atoms with Crippen LogP contribution in [0.25, 0.3) is 21.7 Å². The van der Waals surface area contributed by atoms with Crippen LogP contribution in [0.2, 0.25) is 5.02 Å². The van der Waals surface area contributed by atoms with E-state index in [0.717, 1.165) is 34.0 Å².